The Morgan fingerprint density at radius 3 is 2.09 bits per heavy atom. The van der Waals surface area contributed by atoms with E-state index in [1.54, 1.807) is 18.5 Å². The second-order valence-corrected chi connectivity index (χ2v) is 1.78. The fourth-order valence-electron chi connectivity index (χ4n) is 0.526. The maximum atomic E-state index is 10.1. The van der Waals surface area contributed by atoms with Gasteiger partial charge < -0.3 is 4.57 Å². The number of aldehydes is 1. The minimum Gasteiger partial charge on any atom is -0.312 e. The van der Waals surface area contributed by atoms with Gasteiger partial charge in [-0.1, -0.05) is 13.8 Å². The van der Waals surface area contributed by atoms with Crippen molar-refractivity contribution in [1.29, 1.82) is 0 Å². The molecule has 0 bridgehead atoms. The summed E-state index contributed by atoms with van der Waals surface area (Å²) in [5.74, 6) is 1.12. The molecule has 4 nitrogen and oxygen atoms in total. The second kappa shape index (κ2) is 4.60. The van der Waals surface area contributed by atoms with Gasteiger partial charge in [-0.2, -0.15) is 0 Å². The molecule has 0 radical (unpaired) electrons. The molecule has 0 amide bonds. The zero-order chi connectivity index (χ0) is 8.85. The third-order valence-corrected chi connectivity index (χ3v) is 1.23. The number of hydrogen-bond acceptors (Lipinski definition) is 3. The van der Waals surface area contributed by atoms with Crippen LogP contribution in [0.15, 0.2) is 0 Å². The van der Waals surface area contributed by atoms with Crippen molar-refractivity contribution >= 4 is 6.29 Å². The predicted molar refractivity (Wildman–Crippen MR) is 42.5 cm³/mol. The van der Waals surface area contributed by atoms with Crippen molar-refractivity contribution < 1.29 is 4.79 Å². The average molecular weight is 155 g/mol. The van der Waals surface area contributed by atoms with Crippen LogP contribution in [0.3, 0.4) is 0 Å². The van der Waals surface area contributed by atoms with Gasteiger partial charge in [-0.3, -0.25) is 4.79 Å². The molecule has 0 aliphatic rings. The summed E-state index contributed by atoms with van der Waals surface area (Å²) in [4.78, 5) is 10.1. The van der Waals surface area contributed by atoms with Gasteiger partial charge in [0.2, 0.25) is 0 Å². The number of carbonyl (C=O) groups is 1. The normalized spacial score (nSPS) is 8.36. The van der Waals surface area contributed by atoms with Crippen LogP contribution in [-0.4, -0.2) is 21.1 Å². The van der Waals surface area contributed by atoms with Crippen molar-refractivity contribution in [2.75, 3.05) is 0 Å². The van der Waals surface area contributed by atoms with E-state index in [0.717, 1.165) is 5.82 Å². The first-order valence-electron chi connectivity index (χ1n) is 3.57. The molecule has 62 valence electrons. The Balaban J connectivity index is 0.000000461. The van der Waals surface area contributed by atoms with Gasteiger partial charge in [-0.05, 0) is 6.92 Å². The van der Waals surface area contributed by atoms with E-state index in [0.29, 0.717) is 12.1 Å². The lowest BCUT2D eigenvalue weighted by atomic mass is 10.6. The number of aromatic nitrogens is 3. The van der Waals surface area contributed by atoms with Gasteiger partial charge in [0.05, 0.1) is 0 Å². The van der Waals surface area contributed by atoms with Crippen molar-refractivity contribution in [1.82, 2.24) is 14.8 Å². The average Bonchev–Trinajstić information content (AvgIpc) is 2.37. The Morgan fingerprint density at radius 2 is 1.91 bits per heavy atom. The first-order chi connectivity index (χ1) is 5.25. The molecule has 0 unspecified atom stereocenters. The van der Waals surface area contributed by atoms with Gasteiger partial charge in [-0.15, -0.1) is 10.2 Å². The van der Waals surface area contributed by atoms with Gasteiger partial charge >= 0.3 is 0 Å². The zero-order valence-corrected chi connectivity index (χ0v) is 7.33. The number of carbonyl (C=O) groups excluding carboxylic acids is 1. The lowest BCUT2D eigenvalue weighted by molar-refractivity contribution is 0.111. The summed E-state index contributed by atoms with van der Waals surface area (Å²) in [6.45, 7) is 5.79. The topological polar surface area (TPSA) is 47.8 Å². The van der Waals surface area contributed by atoms with Crippen molar-refractivity contribution in [3.8, 4) is 0 Å². The van der Waals surface area contributed by atoms with Crippen molar-refractivity contribution in [3.63, 3.8) is 0 Å². The molecule has 1 aromatic heterocycles. The highest BCUT2D eigenvalue weighted by Gasteiger charge is 2.00. The molecule has 0 saturated heterocycles. The first-order valence-corrected chi connectivity index (χ1v) is 3.57. The third-order valence-electron chi connectivity index (χ3n) is 1.23. The van der Waals surface area contributed by atoms with Crippen molar-refractivity contribution in [2.24, 2.45) is 7.05 Å². The molecule has 4 heteroatoms. The Hall–Kier alpha value is -1.19. The molecule has 0 aromatic carbocycles. The molecule has 1 rings (SSSR count). The third kappa shape index (κ3) is 2.14. The molecule has 0 saturated carbocycles. The fraction of sp³-hybridized carbons (Fsp3) is 0.571. The number of hydrogen-bond donors (Lipinski definition) is 0. The lowest BCUT2D eigenvalue weighted by Crippen LogP contribution is -1.96. The molecule has 0 fully saturated rings. The quantitative estimate of drug-likeness (QED) is 0.567. The molecule has 1 heterocycles. The van der Waals surface area contributed by atoms with Crippen LogP contribution in [0.5, 0.6) is 0 Å². The van der Waals surface area contributed by atoms with Crippen LogP contribution >= 0.6 is 0 Å². The van der Waals surface area contributed by atoms with Gasteiger partial charge in [0, 0.05) is 7.05 Å². The van der Waals surface area contributed by atoms with E-state index in [4.69, 9.17) is 0 Å². The summed E-state index contributed by atoms with van der Waals surface area (Å²) in [7, 11) is 1.75. The molecular weight excluding hydrogens is 142 g/mol. The number of rotatable bonds is 1. The molecule has 11 heavy (non-hydrogen) atoms. The smallest absolute Gasteiger partial charge is 0.196 e. The summed E-state index contributed by atoms with van der Waals surface area (Å²) in [6.07, 6.45) is 0.681. The molecule has 0 aliphatic heterocycles. The lowest BCUT2D eigenvalue weighted by Gasteiger charge is -1.90. The monoisotopic (exact) mass is 155 g/mol. The molecule has 0 atom stereocenters. The second-order valence-electron chi connectivity index (χ2n) is 1.78. The molecular formula is C7H13N3O. The van der Waals surface area contributed by atoms with Crippen LogP contribution < -0.4 is 0 Å². The van der Waals surface area contributed by atoms with E-state index in [2.05, 4.69) is 10.2 Å². The maximum Gasteiger partial charge on any atom is 0.196 e. The number of aryl methyl sites for hydroxylation is 1. The molecule has 0 N–H and O–H groups in total. The summed E-state index contributed by atoms with van der Waals surface area (Å²) in [6, 6.07) is 0. The van der Waals surface area contributed by atoms with Gasteiger partial charge in [0.25, 0.3) is 0 Å². The summed E-state index contributed by atoms with van der Waals surface area (Å²) < 4.78 is 1.63. The van der Waals surface area contributed by atoms with E-state index in [9.17, 15) is 4.79 Å². The van der Waals surface area contributed by atoms with Gasteiger partial charge in [-0.25, -0.2) is 0 Å². The highest BCUT2D eigenvalue weighted by molar-refractivity contribution is 5.68. The highest BCUT2D eigenvalue weighted by Crippen LogP contribution is 1.91. The SMILES string of the molecule is CC.Cc1nnc(C=O)n1C. The van der Waals surface area contributed by atoms with E-state index >= 15 is 0 Å². The summed E-state index contributed by atoms with van der Waals surface area (Å²) >= 11 is 0. The minimum atomic E-state index is 0.368. The Kier molecular flexibility index (Phi) is 4.10. The highest BCUT2D eigenvalue weighted by atomic mass is 16.1. The zero-order valence-electron chi connectivity index (χ0n) is 7.33. The summed E-state index contributed by atoms with van der Waals surface area (Å²) in [5, 5.41) is 7.25. The van der Waals surface area contributed by atoms with Crippen LogP contribution in [0.4, 0.5) is 0 Å². The van der Waals surface area contributed by atoms with Gasteiger partial charge in [0.15, 0.2) is 12.1 Å². The van der Waals surface area contributed by atoms with Crippen LogP contribution in [0, 0.1) is 6.92 Å². The van der Waals surface area contributed by atoms with E-state index in [1.807, 2.05) is 13.8 Å². The molecule has 1 aromatic rings. The van der Waals surface area contributed by atoms with E-state index in [-0.39, 0.29) is 0 Å². The van der Waals surface area contributed by atoms with Crippen LogP contribution in [0.2, 0.25) is 0 Å². The Labute approximate surface area is 66.3 Å². The van der Waals surface area contributed by atoms with E-state index < -0.39 is 0 Å². The van der Waals surface area contributed by atoms with Crippen molar-refractivity contribution in [3.05, 3.63) is 11.6 Å². The maximum absolute atomic E-state index is 10.1. The van der Waals surface area contributed by atoms with Crippen molar-refractivity contribution in [2.45, 2.75) is 20.8 Å². The van der Waals surface area contributed by atoms with E-state index in [1.165, 1.54) is 0 Å². The standard InChI is InChI=1S/C5H7N3O.C2H6/c1-4-6-7-5(3-9)8(4)2;1-2/h3H,1-2H3;1-2H3. The van der Waals surface area contributed by atoms with Gasteiger partial charge in [0.1, 0.15) is 5.82 Å². The predicted octanol–water partition coefficient (Wildman–Crippen LogP) is 0.962. The summed E-state index contributed by atoms with van der Waals surface area (Å²) in [5.41, 5.74) is 0. The fourth-order valence-corrected chi connectivity index (χ4v) is 0.526. The first kappa shape index (κ1) is 9.81. The largest absolute Gasteiger partial charge is 0.312 e. The molecule has 0 spiro atoms. The Morgan fingerprint density at radius 1 is 1.36 bits per heavy atom. The van der Waals surface area contributed by atoms with Crippen LogP contribution in [0.1, 0.15) is 30.3 Å². The molecule has 0 aliphatic carbocycles. The minimum absolute atomic E-state index is 0.368. The van der Waals surface area contributed by atoms with Crippen LogP contribution in [-0.2, 0) is 7.05 Å². The Bertz CT molecular complexity index is 230. The number of nitrogens with zero attached hydrogens (tertiary/aromatic N) is 3. The van der Waals surface area contributed by atoms with Crippen LogP contribution in [0.25, 0.3) is 0 Å².